The molecule has 0 aliphatic carbocycles. The normalized spacial score (nSPS) is 13.9. The van der Waals surface area contributed by atoms with E-state index in [0.29, 0.717) is 0 Å². The summed E-state index contributed by atoms with van der Waals surface area (Å²) in [5, 5.41) is 5.00. The number of hydrogen-bond donors (Lipinski definition) is 0. The van der Waals surface area contributed by atoms with Crippen molar-refractivity contribution >= 4 is 32.9 Å². The summed E-state index contributed by atoms with van der Waals surface area (Å²) in [4.78, 5) is 5.25. The average Bonchev–Trinajstić information content (AvgIpc) is 3.54. The number of hydrogen-bond acceptors (Lipinski definition) is 1. The van der Waals surface area contributed by atoms with Crippen LogP contribution >= 0.6 is 0 Å². The first-order chi connectivity index (χ1) is 23.3. The maximum atomic E-state index is 5.25. The zero-order valence-corrected chi connectivity index (χ0v) is 25.8. The molecule has 0 radical (unpaired) electrons. The molecule has 0 bridgehead atoms. The monoisotopic (exact) mass is 597 g/mol. The molecule has 0 amide bonds. The predicted octanol–water partition coefficient (Wildman–Crippen LogP) is 12.3. The van der Waals surface area contributed by atoms with Gasteiger partial charge in [0.25, 0.3) is 0 Å². The Morgan fingerprint density at radius 2 is 0.872 bits per heavy atom. The molecule has 0 saturated heterocycles. The van der Waals surface area contributed by atoms with E-state index in [-0.39, 0.29) is 5.92 Å². The van der Waals surface area contributed by atoms with Gasteiger partial charge in [-0.2, -0.15) is 0 Å². The topological polar surface area (TPSA) is 12.4 Å². The van der Waals surface area contributed by atoms with Crippen molar-refractivity contribution in [3.05, 3.63) is 199 Å². The Hall–Kier alpha value is -6.05. The number of aliphatic imine (C=N–C) groups is 1. The molecule has 0 N–H and O–H groups in total. The van der Waals surface area contributed by atoms with Gasteiger partial charge in [-0.15, -0.1) is 0 Å². The molecular weight excluding hydrogens is 567 g/mol. The van der Waals surface area contributed by atoms with Gasteiger partial charge in [0.05, 0.1) is 17.3 Å². The highest BCUT2D eigenvalue weighted by molar-refractivity contribution is 6.23. The van der Waals surface area contributed by atoms with E-state index < -0.39 is 0 Å². The summed E-state index contributed by atoms with van der Waals surface area (Å²) in [5.41, 5.74) is 13.3. The molecule has 0 aromatic heterocycles. The first-order valence-corrected chi connectivity index (χ1v) is 16.3. The fraction of sp³-hybridized carbons (Fsp3) is 0.0217. The number of nitrogens with zero attached hydrogens (tertiary/aromatic N) is 1. The Bertz CT molecular complexity index is 2400. The van der Waals surface area contributed by atoms with Gasteiger partial charge >= 0.3 is 0 Å². The van der Waals surface area contributed by atoms with Crippen LogP contribution in [0.1, 0.15) is 22.6 Å². The van der Waals surface area contributed by atoms with Crippen LogP contribution in [0.25, 0.3) is 54.9 Å². The van der Waals surface area contributed by atoms with Crippen LogP contribution < -0.4 is 0 Å². The molecule has 1 unspecified atom stereocenters. The van der Waals surface area contributed by atoms with E-state index in [0.717, 1.165) is 17.0 Å². The van der Waals surface area contributed by atoms with E-state index >= 15 is 0 Å². The van der Waals surface area contributed by atoms with Gasteiger partial charge in [-0.25, -0.2) is 0 Å². The van der Waals surface area contributed by atoms with Crippen molar-refractivity contribution in [2.45, 2.75) is 5.92 Å². The summed E-state index contributed by atoms with van der Waals surface area (Å²) >= 11 is 0. The van der Waals surface area contributed by atoms with E-state index in [9.17, 15) is 0 Å². The molecule has 1 aliphatic rings. The van der Waals surface area contributed by atoms with Crippen molar-refractivity contribution in [2.24, 2.45) is 4.99 Å². The quantitative estimate of drug-likeness (QED) is 0.175. The van der Waals surface area contributed by atoms with Gasteiger partial charge in [-0.3, -0.25) is 4.99 Å². The van der Waals surface area contributed by atoms with Crippen LogP contribution in [0.2, 0.25) is 0 Å². The van der Waals surface area contributed by atoms with Gasteiger partial charge in [-0.1, -0.05) is 170 Å². The highest BCUT2D eigenvalue weighted by Gasteiger charge is 2.30. The van der Waals surface area contributed by atoms with E-state index in [1.54, 1.807) is 0 Å². The third-order valence-corrected chi connectivity index (χ3v) is 9.55. The summed E-state index contributed by atoms with van der Waals surface area (Å²) in [5.74, 6) is 0.0907. The third-order valence-electron chi connectivity index (χ3n) is 9.55. The highest BCUT2D eigenvalue weighted by Crippen LogP contribution is 2.47. The Morgan fingerprint density at radius 3 is 1.57 bits per heavy atom. The minimum absolute atomic E-state index is 0.0907. The minimum Gasteiger partial charge on any atom is -0.252 e. The lowest BCUT2D eigenvalue weighted by molar-refractivity contribution is 1.11. The molecule has 8 aromatic carbocycles. The zero-order chi connectivity index (χ0) is 31.2. The molecule has 9 rings (SSSR count). The van der Waals surface area contributed by atoms with Crippen LogP contribution in [-0.4, -0.2) is 5.71 Å². The maximum Gasteiger partial charge on any atom is 0.0675 e. The molecule has 220 valence electrons. The fourth-order valence-electron chi connectivity index (χ4n) is 7.52. The second kappa shape index (κ2) is 11.4. The van der Waals surface area contributed by atoms with E-state index in [2.05, 4.69) is 182 Å². The number of benzene rings is 8. The molecule has 0 spiro atoms. The zero-order valence-electron chi connectivity index (χ0n) is 25.8. The van der Waals surface area contributed by atoms with E-state index in [4.69, 9.17) is 4.99 Å². The van der Waals surface area contributed by atoms with Crippen molar-refractivity contribution < 1.29 is 0 Å². The molecule has 1 heterocycles. The summed E-state index contributed by atoms with van der Waals surface area (Å²) < 4.78 is 0. The predicted molar refractivity (Wildman–Crippen MR) is 199 cm³/mol. The standard InChI is InChI=1S/C46H31N/c1-3-16-31(17-4-1)35-22-7-8-23-36(35)45-39-26-11-9-24-37(39)43(38-25-10-12-27-40(38)45)33-20-15-21-34(30-33)46-44(32-18-5-2-6-19-32)41-28-13-14-29-42(41)47-46/h1-30,44H. The average molecular weight is 598 g/mol. The molecule has 8 aromatic rings. The third kappa shape index (κ3) is 4.59. The van der Waals surface area contributed by atoms with Crippen molar-refractivity contribution in [1.29, 1.82) is 0 Å². The minimum atomic E-state index is 0.0907. The lowest BCUT2D eigenvalue weighted by atomic mass is 9.82. The van der Waals surface area contributed by atoms with Crippen molar-refractivity contribution in [3.63, 3.8) is 0 Å². The van der Waals surface area contributed by atoms with Gasteiger partial charge in [-0.05, 0) is 83.7 Å². The molecule has 1 nitrogen and oxygen atoms in total. The smallest absolute Gasteiger partial charge is 0.0675 e. The molecule has 0 fully saturated rings. The number of rotatable bonds is 5. The highest BCUT2D eigenvalue weighted by atomic mass is 14.8. The summed E-state index contributed by atoms with van der Waals surface area (Å²) in [6.07, 6.45) is 0. The molecule has 1 aliphatic heterocycles. The molecule has 1 atom stereocenters. The van der Waals surface area contributed by atoms with Crippen molar-refractivity contribution in [3.8, 4) is 33.4 Å². The summed E-state index contributed by atoms with van der Waals surface area (Å²) in [6.45, 7) is 0. The van der Waals surface area contributed by atoms with Crippen LogP contribution in [0.5, 0.6) is 0 Å². The van der Waals surface area contributed by atoms with Gasteiger partial charge in [0.1, 0.15) is 0 Å². The second-order valence-corrected chi connectivity index (χ2v) is 12.2. The van der Waals surface area contributed by atoms with Gasteiger partial charge in [0.15, 0.2) is 0 Å². The fourth-order valence-corrected chi connectivity index (χ4v) is 7.52. The largest absolute Gasteiger partial charge is 0.252 e. The van der Waals surface area contributed by atoms with Crippen LogP contribution in [0, 0.1) is 0 Å². The Labute approximate surface area is 275 Å². The van der Waals surface area contributed by atoms with Crippen LogP contribution in [0.4, 0.5) is 5.69 Å². The molecule has 1 heteroatoms. The number of fused-ring (bicyclic) bond motifs is 3. The van der Waals surface area contributed by atoms with Crippen LogP contribution in [0.3, 0.4) is 0 Å². The van der Waals surface area contributed by atoms with Gasteiger partial charge < -0.3 is 0 Å². The first kappa shape index (κ1) is 27.3. The maximum absolute atomic E-state index is 5.25. The van der Waals surface area contributed by atoms with Gasteiger partial charge in [0.2, 0.25) is 0 Å². The van der Waals surface area contributed by atoms with Crippen LogP contribution in [-0.2, 0) is 0 Å². The molecular formula is C46H31N. The molecule has 0 saturated carbocycles. The van der Waals surface area contributed by atoms with Gasteiger partial charge in [0, 0.05) is 0 Å². The van der Waals surface area contributed by atoms with E-state index in [1.165, 1.54) is 66.1 Å². The number of para-hydroxylation sites is 1. The second-order valence-electron chi connectivity index (χ2n) is 12.2. The Morgan fingerprint density at radius 1 is 0.362 bits per heavy atom. The van der Waals surface area contributed by atoms with Crippen molar-refractivity contribution in [1.82, 2.24) is 0 Å². The Balaban J connectivity index is 1.28. The van der Waals surface area contributed by atoms with Crippen molar-refractivity contribution in [2.75, 3.05) is 0 Å². The Kier molecular flexibility index (Phi) is 6.61. The summed E-state index contributed by atoms with van der Waals surface area (Å²) in [7, 11) is 0. The summed E-state index contributed by atoms with van der Waals surface area (Å²) in [6, 6.07) is 65.7. The lowest BCUT2D eigenvalue weighted by Gasteiger charge is -2.20. The SMILES string of the molecule is c1ccc(-c2ccccc2-c2c3ccccc3c(-c3cccc(C4=Nc5ccccc5C4c4ccccc4)c3)c3ccccc23)cc1. The molecule has 47 heavy (non-hydrogen) atoms. The van der Waals surface area contributed by atoms with Crippen LogP contribution in [0.15, 0.2) is 187 Å². The lowest BCUT2D eigenvalue weighted by Crippen LogP contribution is -2.11. The van der Waals surface area contributed by atoms with E-state index in [1.807, 2.05) is 0 Å². The first-order valence-electron chi connectivity index (χ1n) is 16.3.